The zero-order valence-corrected chi connectivity index (χ0v) is 22.7. The molecule has 3 heterocycles. The average Bonchev–Trinajstić information content (AvgIpc) is 3.49. The number of methoxy groups -OCH3 is 1. The Labute approximate surface area is 228 Å². The number of nitrogens with zero attached hydrogens (tertiary/aromatic N) is 7. The molecule has 0 spiro atoms. The molecule has 1 amide bonds. The lowest BCUT2D eigenvalue weighted by Crippen LogP contribution is -2.31. The number of ether oxygens (including phenoxy) is 1. The summed E-state index contributed by atoms with van der Waals surface area (Å²) < 4.78 is 13.1. The number of nitrogens with two attached hydrogens (primary N) is 1. The van der Waals surface area contributed by atoms with Gasteiger partial charge in [0.05, 0.1) is 30.0 Å². The second kappa shape index (κ2) is 10.7. The molecular formula is C23H21Br2N9O3. The van der Waals surface area contributed by atoms with Gasteiger partial charge in [-0.1, -0.05) is 39.3 Å². The van der Waals surface area contributed by atoms with Crippen molar-refractivity contribution in [3.05, 3.63) is 67.9 Å². The lowest BCUT2D eigenvalue weighted by molar-refractivity contribution is 0.0949. The van der Waals surface area contributed by atoms with Crippen molar-refractivity contribution < 1.29 is 14.2 Å². The Morgan fingerprint density at radius 1 is 1.30 bits per heavy atom. The van der Waals surface area contributed by atoms with E-state index < -0.39 is 5.91 Å². The minimum Gasteiger partial charge on any atom is -0.495 e. The summed E-state index contributed by atoms with van der Waals surface area (Å²) in [6, 6.07) is 11.8. The molecular weight excluding hydrogens is 610 g/mol. The first-order chi connectivity index (χ1) is 18.0. The maximum atomic E-state index is 13.2. The van der Waals surface area contributed by atoms with Crippen LogP contribution in [0.4, 0.5) is 11.5 Å². The molecule has 190 valence electrons. The highest BCUT2D eigenvalue weighted by Crippen LogP contribution is 2.32. The van der Waals surface area contributed by atoms with Gasteiger partial charge in [0.15, 0.2) is 5.69 Å². The Hall–Kier alpha value is -3.78. The van der Waals surface area contributed by atoms with Gasteiger partial charge in [0.2, 0.25) is 11.6 Å². The number of nitrogens with one attached hydrogen (secondary N) is 1. The first-order valence-corrected chi connectivity index (χ1v) is 12.8. The molecule has 0 bridgehead atoms. The molecule has 0 fully saturated rings. The number of hydrogen-bond donors (Lipinski definition) is 2. The topological polar surface area (TPSA) is 150 Å². The van der Waals surface area contributed by atoms with E-state index in [4.69, 9.17) is 15.1 Å². The molecule has 0 atom stereocenters. The molecule has 0 saturated heterocycles. The summed E-state index contributed by atoms with van der Waals surface area (Å²) >= 11 is 6.89. The molecule has 0 saturated carbocycles. The van der Waals surface area contributed by atoms with E-state index in [1.165, 1.54) is 16.5 Å². The third-order valence-corrected chi connectivity index (χ3v) is 6.88. The molecule has 4 aromatic rings. The van der Waals surface area contributed by atoms with Crippen molar-refractivity contribution in [3.63, 3.8) is 0 Å². The number of para-hydroxylation sites is 1. The largest absolute Gasteiger partial charge is 0.495 e. The third-order valence-electron chi connectivity index (χ3n) is 5.83. The summed E-state index contributed by atoms with van der Waals surface area (Å²) in [5, 5.41) is 19.8. The summed E-state index contributed by atoms with van der Waals surface area (Å²) in [6.45, 7) is 1.13. The summed E-state index contributed by atoms with van der Waals surface area (Å²) in [4.78, 5) is 15.4. The smallest absolute Gasteiger partial charge is 0.293 e. The highest BCUT2D eigenvalue weighted by atomic mass is 79.9. The van der Waals surface area contributed by atoms with Crippen molar-refractivity contribution in [1.29, 1.82) is 0 Å². The highest BCUT2D eigenvalue weighted by Gasteiger charge is 2.27. The van der Waals surface area contributed by atoms with Crippen LogP contribution >= 0.6 is 31.9 Å². The molecule has 0 radical (unpaired) electrons. The summed E-state index contributed by atoms with van der Waals surface area (Å²) in [5.74, 6) is 0.207. The first-order valence-electron chi connectivity index (χ1n) is 11.2. The Kier molecular flexibility index (Phi) is 7.19. The molecule has 1 aliphatic heterocycles. The third kappa shape index (κ3) is 5.06. The molecule has 2 aromatic carbocycles. The fourth-order valence-electron chi connectivity index (χ4n) is 4.19. The van der Waals surface area contributed by atoms with Crippen LogP contribution in [0.25, 0.3) is 5.82 Å². The monoisotopic (exact) mass is 629 g/mol. The van der Waals surface area contributed by atoms with Gasteiger partial charge in [-0.25, -0.2) is 10.1 Å². The maximum absolute atomic E-state index is 13.2. The normalized spacial score (nSPS) is 13.1. The quantitative estimate of drug-likeness (QED) is 0.231. The van der Waals surface area contributed by atoms with E-state index >= 15 is 0 Å². The number of rotatable bonds is 7. The second-order valence-corrected chi connectivity index (χ2v) is 9.90. The van der Waals surface area contributed by atoms with Gasteiger partial charge >= 0.3 is 0 Å². The van der Waals surface area contributed by atoms with Gasteiger partial charge in [-0.3, -0.25) is 4.79 Å². The predicted molar refractivity (Wildman–Crippen MR) is 143 cm³/mol. The number of carbonyl (C=O) groups excluding carboxylic acids is 1. The number of hydrogen-bond acceptors (Lipinski definition) is 10. The zero-order valence-electron chi connectivity index (χ0n) is 19.6. The number of fused-ring (bicyclic) bond motifs is 1. The highest BCUT2D eigenvalue weighted by molar-refractivity contribution is 9.11. The van der Waals surface area contributed by atoms with Crippen molar-refractivity contribution in [2.24, 2.45) is 5.10 Å². The number of anilines is 2. The number of hydrazone groups is 1. The van der Waals surface area contributed by atoms with Gasteiger partial charge in [0, 0.05) is 22.3 Å². The minimum absolute atomic E-state index is 0.0301. The van der Waals surface area contributed by atoms with E-state index in [0.29, 0.717) is 23.6 Å². The van der Waals surface area contributed by atoms with E-state index in [1.54, 1.807) is 7.11 Å². The molecule has 1 aliphatic rings. The Morgan fingerprint density at radius 3 is 2.92 bits per heavy atom. The molecule has 2 aromatic heterocycles. The standard InChI is InChI=1S/C23H21Br2N9O3/c1-36-20-14(9-15(24)10-16(20)25)11-27-29-23(35)19-18(34(32-28-19)22-21(26)30-37-31-22)12-33-8-4-6-13-5-2-3-7-17(13)33/h2-3,5,7,9-11H,4,6,8,12H2,1H3,(H2,26,30)(H,29,35)/b27-11+. The predicted octanol–water partition coefficient (Wildman–Crippen LogP) is 3.48. The number of benzene rings is 2. The maximum Gasteiger partial charge on any atom is 0.293 e. The fraction of sp³-hybridized carbons (Fsp3) is 0.217. The zero-order chi connectivity index (χ0) is 25.9. The first kappa shape index (κ1) is 24.9. The number of amides is 1. The molecule has 0 unspecified atom stereocenters. The van der Waals surface area contributed by atoms with Crippen molar-refractivity contribution in [1.82, 2.24) is 30.7 Å². The number of carbonyl (C=O) groups is 1. The van der Waals surface area contributed by atoms with Gasteiger partial charge in [-0.15, -0.1) is 5.10 Å². The Morgan fingerprint density at radius 2 is 2.14 bits per heavy atom. The number of halogens is 2. The van der Waals surface area contributed by atoms with E-state index in [-0.39, 0.29) is 17.3 Å². The lowest BCUT2D eigenvalue weighted by Gasteiger charge is -2.31. The van der Waals surface area contributed by atoms with Crippen molar-refractivity contribution in [2.75, 3.05) is 24.3 Å². The van der Waals surface area contributed by atoms with Gasteiger partial charge in [-0.05, 0) is 62.8 Å². The Bertz CT molecular complexity index is 1480. The van der Waals surface area contributed by atoms with E-state index in [0.717, 1.165) is 34.0 Å². The van der Waals surface area contributed by atoms with E-state index in [1.807, 2.05) is 24.3 Å². The van der Waals surface area contributed by atoms with Crippen LogP contribution in [0.1, 0.15) is 33.7 Å². The van der Waals surface area contributed by atoms with Crippen LogP contribution in [0, 0.1) is 0 Å². The second-order valence-electron chi connectivity index (χ2n) is 8.13. The number of aryl methyl sites for hydroxylation is 1. The number of nitrogen functional groups attached to an aromatic ring is 1. The van der Waals surface area contributed by atoms with Crippen LogP contribution in [-0.4, -0.2) is 51.1 Å². The van der Waals surface area contributed by atoms with Crippen LogP contribution in [0.3, 0.4) is 0 Å². The fourth-order valence-corrected chi connectivity index (χ4v) is 5.61. The van der Waals surface area contributed by atoms with E-state index in [9.17, 15) is 4.79 Å². The SMILES string of the molecule is COc1c(Br)cc(Br)cc1/C=N/NC(=O)c1nnn(-c2nonc2N)c1CN1CCCc2ccccc21. The van der Waals surface area contributed by atoms with Crippen LogP contribution in [0.2, 0.25) is 0 Å². The molecule has 37 heavy (non-hydrogen) atoms. The van der Waals surface area contributed by atoms with Gasteiger partial charge in [-0.2, -0.15) is 9.78 Å². The van der Waals surface area contributed by atoms with Gasteiger partial charge < -0.3 is 15.4 Å². The minimum atomic E-state index is -0.550. The van der Waals surface area contributed by atoms with Gasteiger partial charge in [0.1, 0.15) is 5.75 Å². The Balaban J connectivity index is 1.46. The van der Waals surface area contributed by atoms with Crippen LogP contribution in [0.15, 0.2) is 55.1 Å². The summed E-state index contributed by atoms with van der Waals surface area (Å²) in [6.07, 6.45) is 3.44. The van der Waals surface area contributed by atoms with Crippen LogP contribution in [-0.2, 0) is 13.0 Å². The van der Waals surface area contributed by atoms with Crippen LogP contribution < -0.4 is 20.8 Å². The average molecular weight is 631 g/mol. The van der Waals surface area contributed by atoms with Crippen molar-refractivity contribution in [3.8, 4) is 11.6 Å². The van der Waals surface area contributed by atoms with Gasteiger partial charge in [0.25, 0.3) is 5.91 Å². The number of aromatic nitrogens is 5. The molecule has 5 rings (SSSR count). The summed E-state index contributed by atoms with van der Waals surface area (Å²) in [7, 11) is 1.55. The van der Waals surface area contributed by atoms with E-state index in [2.05, 4.69) is 80.0 Å². The molecule has 0 aliphatic carbocycles. The van der Waals surface area contributed by atoms with Crippen molar-refractivity contribution >= 4 is 55.5 Å². The molecule has 12 nitrogen and oxygen atoms in total. The van der Waals surface area contributed by atoms with Crippen LogP contribution in [0.5, 0.6) is 5.75 Å². The lowest BCUT2D eigenvalue weighted by atomic mass is 10.0. The summed E-state index contributed by atoms with van der Waals surface area (Å²) in [5.41, 5.74) is 12.0. The molecule has 3 N–H and O–H groups in total. The molecule has 14 heteroatoms. The van der Waals surface area contributed by atoms with Crippen molar-refractivity contribution in [2.45, 2.75) is 19.4 Å².